The second kappa shape index (κ2) is 8.50. The average Bonchev–Trinajstić information content (AvgIpc) is 2.80. The molecule has 162 valence electrons. The van der Waals surface area contributed by atoms with E-state index < -0.39 is 0 Å². The minimum absolute atomic E-state index is 0.211. The monoisotopic (exact) mass is 421 g/mol. The van der Waals surface area contributed by atoms with Crippen molar-refractivity contribution in [3.8, 4) is 0 Å². The van der Waals surface area contributed by atoms with Crippen LogP contribution in [-0.4, -0.2) is 59.3 Å². The SMILES string of the molecule is CC1CCN(c2cc3nc[nH]c(=O)c3c(Nc3ccc(N4CCOCC4)nc3)n2)CC1. The van der Waals surface area contributed by atoms with Gasteiger partial charge in [-0.25, -0.2) is 15.0 Å². The Hall–Kier alpha value is -3.20. The number of rotatable bonds is 4. The second-order valence-corrected chi connectivity index (χ2v) is 8.25. The molecule has 0 unspecified atom stereocenters. The molecule has 0 bridgehead atoms. The Morgan fingerprint density at radius 3 is 2.58 bits per heavy atom. The van der Waals surface area contributed by atoms with E-state index in [1.165, 1.54) is 6.33 Å². The van der Waals surface area contributed by atoms with Crippen molar-refractivity contribution in [2.24, 2.45) is 5.92 Å². The summed E-state index contributed by atoms with van der Waals surface area (Å²) in [6.45, 7) is 7.31. The number of morpholine rings is 1. The molecule has 9 heteroatoms. The van der Waals surface area contributed by atoms with Crippen molar-refractivity contribution < 1.29 is 4.74 Å². The molecular weight excluding hydrogens is 394 g/mol. The molecule has 9 nitrogen and oxygen atoms in total. The third-order valence-electron chi connectivity index (χ3n) is 6.06. The van der Waals surface area contributed by atoms with Gasteiger partial charge in [0.15, 0.2) is 0 Å². The Labute approximate surface area is 180 Å². The molecule has 3 aromatic rings. The minimum atomic E-state index is -0.211. The molecule has 2 fully saturated rings. The Bertz CT molecular complexity index is 1100. The van der Waals surface area contributed by atoms with Crippen molar-refractivity contribution in [2.75, 3.05) is 54.5 Å². The number of fused-ring (bicyclic) bond motifs is 1. The Kier molecular flexibility index (Phi) is 5.42. The highest BCUT2D eigenvalue weighted by molar-refractivity contribution is 5.92. The Balaban J connectivity index is 1.46. The normalized spacial score (nSPS) is 17.8. The summed E-state index contributed by atoms with van der Waals surface area (Å²) >= 11 is 0. The van der Waals surface area contributed by atoms with Crippen LogP contribution in [0.5, 0.6) is 0 Å². The van der Waals surface area contributed by atoms with Crippen molar-refractivity contribution >= 4 is 34.0 Å². The molecule has 3 aromatic heterocycles. The zero-order valence-corrected chi connectivity index (χ0v) is 17.7. The number of hydrogen-bond acceptors (Lipinski definition) is 8. The average molecular weight is 422 g/mol. The number of aromatic amines is 1. The molecular formula is C22H27N7O2. The maximum absolute atomic E-state index is 12.6. The van der Waals surface area contributed by atoms with Gasteiger partial charge in [-0.1, -0.05) is 6.92 Å². The number of aromatic nitrogens is 4. The van der Waals surface area contributed by atoms with Gasteiger partial charge < -0.3 is 24.8 Å². The van der Waals surface area contributed by atoms with Gasteiger partial charge in [-0.05, 0) is 30.9 Å². The first-order valence-corrected chi connectivity index (χ1v) is 10.9. The lowest BCUT2D eigenvalue weighted by atomic mass is 9.99. The van der Waals surface area contributed by atoms with E-state index in [4.69, 9.17) is 9.72 Å². The molecule has 5 heterocycles. The van der Waals surface area contributed by atoms with Crippen molar-refractivity contribution in [1.29, 1.82) is 0 Å². The first-order valence-electron chi connectivity index (χ1n) is 10.9. The number of hydrogen-bond donors (Lipinski definition) is 2. The van der Waals surface area contributed by atoms with Crippen molar-refractivity contribution in [2.45, 2.75) is 19.8 Å². The van der Waals surface area contributed by atoms with Crippen LogP contribution in [0.2, 0.25) is 0 Å². The molecule has 0 aliphatic carbocycles. The summed E-state index contributed by atoms with van der Waals surface area (Å²) in [5, 5.41) is 3.76. The molecule has 0 radical (unpaired) electrons. The van der Waals surface area contributed by atoms with Crippen LogP contribution in [0.4, 0.5) is 23.1 Å². The van der Waals surface area contributed by atoms with E-state index >= 15 is 0 Å². The molecule has 2 aliphatic heterocycles. The topological polar surface area (TPSA) is 99.3 Å². The van der Waals surface area contributed by atoms with Crippen LogP contribution in [0.25, 0.3) is 10.9 Å². The van der Waals surface area contributed by atoms with Crippen LogP contribution in [0, 0.1) is 5.92 Å². The summed E-state index contributed by atoms with van der Waals surface area (Å²) in [6.07, 6.45) is 5.49. The van der Waals surface area contributed by atoms with E-state index in [0.717, 1.165) is 75.5 Å². The fourth-order valence-corrected chi connectivity index (χ4v) is 4.14. The Morgan fingerprint density at radius 1 is 1.06 bits per heavy atom. The van der Waals surface area contributed by atoms with Gasteiger partial charge in [0.2, 0.25) is 0 Å². The summed E-state index contributed by atoms with van der Waals surface area (Å²) in [6, 6.07) is 5.85. The van der Waals surface area contributed by atoms with Crippen LogP contribution in [0.15, 0.2) is 35.5 Å². The summed E-state index contributed by atoms with van der Waals surface area (Å²) in [7, 11) is 0. The Morgan fingerprint density at radius 2 is 1.84 bits per heavy atom. The van der Waals surface area contributed by atoms with Crippen LogP contribution >= 0.6 is 0 Å². The van der Waals surface area contributed by atoms with Crippen molar-refractivity contribution in [3.63, 3.8) is 0 Å². The molecule has 0 amide bonds. The summed E-state index contributed by atoms with van der Waals surface area (Å²) < 4.78 is 5.41. The first kappa shape index (κ1) is 19.7. The molecule has 0 atom stereocenters. The van der Waals surface area contributed by atoms with E-state index in [2.05, 4.69) is 37.0 Å². The van der Waals surface area contributed by atoms with E-state index in [1.54, 1.807) is 6.20 Å². The number of ether oxygens (including phenoxy) is 1. The molecule has 0 saturated carbocycles. The van der Waals surface area contributed by atoms with Crippen molar-refractivity contribution in [3.05, 3.63) is 41.1 Å². The third kappa shape index (κ3) is 4.18. The van der Waals surface area contributed by atoms with Gasteiger partial charge in [0.05, 0.1) is 36.9 Å². The third-order valence-corrected chi connectivity index (χ3v) is 6.06. The molecule has 2 N–H and O–H groups in total. The van der Waals surface area contributed by atoms with Crippen molar-refractivity contribution in [1.82, 2.24) is 19.9 Å². The first-order chi connectivity index (χ1) is 15.2. The highest BCUT2D eigenvalue weighted by atomic mass is 16.5. The predicted molar refractivity (Wildman–Crippen MR) is 121 cm³/mol. The lowest BCUT2D eigenvalue weighted by Gasteiger charge is -2.31. The van der Waals surface area contributed by atoms with Crippen LogP contribution < -0.4 is 20.7 Å². The largest absolute Gasteiger partial charge is 0.378 e. The van der Waals surface area contributed by atoms with E-state index in [9.17, 15) is 4.79 Å². The number of nitrogens with one attached hydrogen (secondary N) is 2. The molecule has 2 aliphatic rings. The van der Waals surface area contributed by atoms with Gasteiger partial charge in [0.25, 0.3) is 5.56 Å². The summed E-state index contributed by atoms with van der Waals surface area (Å²) in [5.74, 6) is 2.99. The molecule has 31 heavy (non-hydrogen) atoms. The van der Waals surface area contributed by atoms with Gasteiger partial charge in [0.1, 0.15) is 22.8 Å². The highest BCUT2D eigenvalue weighted by Gasteiger charge is 2.20. The van der Waals surface area contributed by atoms with Gasteiger partial charge in [0, 0.05) is 32.2 Å². The van der Waals surface area contributed by atoms with Crippen LogP contribution in [0.1, 0.15) is 19.8 Å². The van der Waals surface area contributed by atoms with Gasteiger partial charge >= 0.3 is 0 Å². The standard InChI is InChI=1S/C22H27N7O2/c1-15-4-6-28(7-5-15)19-12-17-20(22(30)25-14-24-17)21(27-19)26-16-2-3-18(23-13-16)29-8-10-31-11-9-29/h2-3,12-15H,4-11H2,1H3,(H,26,27)(H,24,25,30). The molecule has 2 saturated heterocycles. The molecule has 5 rings (SSSR count). The minimum Gasteiger partial charge on any atom is -0.378 e. The summed E-state index contributed by atoms with van der Waals surface area (Å²) in [4.78, 5) is 33.5. The quantitative estimate of drug-likeness (QED) is 0.663. The number of anilines is 4. The smallest absolute Gasteiger partial charge is 0.262 e. The van der Waals surface area contributed by atoms with E-state index in [-0.39, 0.29) is 5.56 Å². The molecule has 0 spiro atoms. The fourth-order valence-electron chi connectivity index (χ4n) is 4.14. The maximum Gasteiger partial charge on any atom is 0.262 e. The van der Waals surface area contributed by atoms with Crippen LogP contribution in [-0.2, 0) is 4.74 Å². The predicted octanol–water partition coefficient (Wildman–Crippen LogP) is 2.53. The summed E-state index contributed by atoms with van der Waals surface area (Å²) in [5.41, 5.74) is 1.20. The number of pyridine rings is 2. The van der Waals surface area contributed by atoms with Crippen LogP contribution in [0.3, 0.4) is 0 Å². The fraction of sp³-hybridized carbons (Fsp3) is 0.455. The zero-order valence-electron chi connectivity index (χ0n) is 17.7. The second-order valence-electron chi connectivity index (χ2n) is 8.25. The number of H-pyrrole nitrogens is 1. The van der Waals surface area contributed by atoms with Gasteiger partial charge in [-0.3, -0.25) is 4.79 Å². The van der Waals surface area contributed by atoms with E-state index in [1.807, 2.05) is 18.2 Å². The zero-order chi connectivity index (χ0) is 21.2. The lowest BCUT2D eigenvalue weighted by Crippen LogP contribution is -2.36. The lowest BCUT2D eigenvalue weighted by molar-refractivity contribution is 0.122. The maximum atomic E-state index is 12.6. The highest BCUT2D eigenvalue weighted by Crippen LogP contribution is 2.28. The number of nitrogens with zero attached hydrogens (tertiary/aromatic N) is 5. The number of piperidine rings is 1. The van der Waals surface area contributed by atoms with E-state index in [0.29, 0.717) is 16.7 Å². The van der Waals surface area contributed by atoms with Gasteiger partial charge in [-0.2, -0.15) is 0 Å². The van der Waals surface area contributed by atoms with Gasteiger partial charge in [-0.15, -0.1) is 0 Å². The molecule has 0 aromatic carbocycles.